The fraction of sp³-hybridized carbons (Fsp3) is 0.545. The maximum Gasteiger partial charge on any atom is 0.434 e. The minimum absolute atomic E-state index is 0.132. The first-order chi connectivity index (χ1) is 9.77. The lowest BCUT2D eigenvalue weighted by molar-refractivity contribution is -0.143. The number of nitrogens with one attached hydrogen (secondary N) is 1. The van der Waals surface area contributed by atoms with Gasteiger partial charge in [-0.05, 0) is 12.8 Å². The SMILES string of the molecule is O=C(O)C1CCN(C(=O)Nc2nc(C(F)(F)F)cs2)CC1. The molecule has 2 heterocycles. The number of aliphatic carboxylic acids is 1. The maximum atomic E-state index is 12.4. The minimum atomic E-state index is -4.54. The van der Waals surface area contributed by atoms with E-state index in [1.54, 1.807) is 0 Å². The first-order valence-corrected chi connectivity index (χ1v) is 6.97. The van der Waals surface area contributed by atoms with Gasteiger partial charge >= 0.3 is 18.2 Å². The van der Waals surface area contributed by atoms with E-state index in [1.807, 2.05) is 0 Å². The van der Waals surface area contributed by atoms with Crippen LogP contribution in [0.25, 0.3) is 0 Å². The molecule has 10 heteroatoms. The molecule has 1 aliphatic rings. The van der Waals surface area contributed by atoms with Gasteiger partial charge < -0.3 is 10.0 Å². The van der Waals surface area contributed by atoms with Crippen molar-refractivity contribution in [2.75, 3.05) is 18.4 Å². The summed E-state index contributed by atoms with van der Waals surface area (Å²) < 4.78 is 37.1. The Balaban J connectivity index is 1.91. The summed E-state index contributed by atoms with van der Waals surface area (Å²) in [6.45, 7) is 0.501. The van der Waals surface area contributed by atoms with E-state index in [0.717, 1.165) is 5.38 Å². The van der Waals surface area contributed by atoms with E-state index < -0.39 is 29.8 Å². The number of alkyl halides is 3. The van der Waals surface area contributed by atoms with Gasteiger partial charge in [0.2, 0.25) is 0 Å². The number of anilines is 1. The second kappa shape index (κ2) is 5.88. The number of hydrogen-bond donors (Lipinski definition) is 2. The highest BCUT2D eigenvalue weighted by Gasteiger charge is 2.34. The molecule has 1 aromatic heterocycles. The van der Waals surface area contributed by atoms with Crippen LogP contribution in [0.4, 0.5) is 23.1 Å². The van der Waals surface area contributed by atoms with Crippen molar-refractivity contribution in [3.8, 4) is 0 Å². The number of nitrogens with zero attached hydrogens (tertiary/aromatic N) is 2. The molecule has 0 unspecified atom stereocenters. The molecule has 2 rings (SSSR count). The first-order valence-electron chi connectivity index (χ1n) is 6.09. The van der Waals surface area contributed by atoms with Crippen LogP contribution in [0.5, 0.6) is 0 Å². The summed E-state index contributed by atoms with van der Waals surface area (Å²) in [6, 6.07) is -0.568. The van der Waals surface area contributed by atoms with Crippen LogP contribution in [-0.4, -0.2) is 40.1 Å². The summed E-state index contributed by atoms with van der Waals surface area (Å²) in [5.74, 6) is -1.38. The van der Waals surface area contributed by atoms with Gasteiger partial charge in [-0.3, -0.25) is 10.1 Å². The zero-order chi connectivity index (χ0) is 15.6. The lowest BCUT2D eigenvalue weighted by Crippen LogP contribution is -2.42. The van der Waals surface area contributed by atoms with Gasteiger partial charge in [-0.25, -0.2) is 9.78 Å². The van der Waals surface area contributed by atoms with Gasteiger partial charge in [0.1, 0.15) is 0 Å². The second-order valence-electron chi connectivity index (χ2n) is 4.57. The fourth-order valence-electron chi connectivity index (χ4n) is 1.96. The minimum Gasteiger partial charge on any atom is -0.481 e. The first kappa shape index (κ1) is 15.5. The Morgan fingerprint density at radius 1 is 1.38 bits per heavy atom. The zero-order valence-electron chi connectivity index (χ0n) is 10.7. The van der Waals surface area contributed by atoms with E-state index >= 15 is 0 Å². The molecule has 0 bridgehead atoms. The summed E-state index contributed by atoms with van der Waals surface area (Å²) in [4.78, 5) is 27.3. The number of hydrogen-bond acceptors (Lipinski definition) is 4. The highest BCUT2D eigenvalue weighted by atomic mass is 32.1. The molecule has 0 atom stereocenters. The van der Waals surface area contributed by atoms with Crippen LogP contribution in [0.1, 0.15) is 18.5 Å². The number of thiazole rings is 1. The molecular weight excluding hydrogens is 311 g/mol. The summed E-state index contributed by atoms with van der Waals surface area (Å²) in [5, 5.41) is 11.8. The molecule has 1 aliphatic heterocycles. The Morgan fingerprint density at radius 3 is 2.48 bits per heavy atom. The Hall–Kier alpha value is -1.84. The Bertz CT molecular complexity index is 538. The number of aromatic nitrogens is 1. The molecule has 0 saturated carbocycles. The molecular formula is C11H12F3N3O3S. The fourth-order valence-corrected chi connectivity index (χ4v) is 2.67. The lowest BCUT2D eigenvalue weighted by atomic mass is 9.97. The molecule has 1 aromatic rings. The Morgan fingerprint density at radius 2 is 2.00 bits per heavy atom. The van der Waals surface area contributed by atoms with Crippen LogP contribution in [0.15, 0.2) is 5.38 Å². The van der Waals surface area contributed by atoms with E-state index in [2.05, 4.69) is 10.3 Å². The smallest absolute Gasteiger partial charge is 0.434 e. The van der Waals surface area contributed by atoms with E-state index in [-0.39, 0.29) is 18.2 Å². The number of carboxylic acids is 1. The number of carbonyl (C=O) groups is 2. The van der Waals surface area contributed by atoms with Gasteiger partial charge in [0.25, 0.3) is 0 Å². The average Bonchev–Trinajstić information content (AvgIpc) is 2.87. The molecule has 0 aromatic carbocycles. The van der Waals surface area contributed by atoms with Crippen LogP contribution in [0, 0.1) is 5.92 Å². The predicted molar refractivity (Wildman–Crippen MR) is 68.1 cm³/mol. The van der Waals surface area contributed by atoms with Crippen LogP contribution in [-0.2, 0) is 11.0 Å². The third-order valence-electron chi connectivity index (χ3n) is 3.14. The van der Waals surface area contributed by atoms with E-state index in [0.29, 0.717) is 24.2 Å². The molecule has 1 fully saturated rings. The van der Waals surface area contributed by atoms with Gasteiger partial charge in [-0.15, -0.1) is 11.3 Å². The summed E-state index contributed by atoms with van der Waals surface area (Å²) in [6.07, 6.45) is -3.89. The van der Waals surface area contributed by atoms with Crippen molar-refractivity contribution >= 4 is 28.5 Å². The van der Waals surface area contributed by atoms with Crippen molar-refractivity contribution < 1.29 is 27.9 Å². The maximum absolute atomic E-state index is 12.4. The third-order valence-corrected chi connectivity index (χ3v) is 3.90. The quantitative estimate of drug-likeness (QED) is 0.876. The molecule has 0 radical (unpaired) electrons. The number of carbonyl (C=O) groups excluding carboxylic acids is 1. The highest BCUT2D eigenvalue weighted by Crippen LogP contribution is 2.31. The zero-order valence-corrected chi connectivity index (χ0v) is 11.5. The van der Waals surface area contributed by atoms with E-state index in [1.165, 1.54) is 4.90 Å². The average molecular weight is 323 g/mol. The molecule has 21 heavy (non-hydrogen) atoms. The summed E-state index contributed by atoms with van der Waals surface area (Å²) in [5.41, 5.74) is -1.05. The Labute approximate surface area is 121 Å². The molecule has 116 valence electrons. The topological polar surface area (TPSA) is 82.5 Å². The monoisotopic (exact) mass is 323 g/mol. The van der Waals surface area contributed by atoms with Gasteiger partial charge in [0.15, 0.2) is 10.8 Å². The van der Waals surface area contributed by atoms with E-state index in [4.69, 9.17) is 5.11 Å². The van der Waals surface area contributed by atoms with Crippen LogP contribution in [0.3, 0.4) is 0 Å². The van der Waals surface area contributed by atoms with Crippen molar-refractivity contribution in [3.05, 3.63) is 11.1 Å². The number of rotatable bonds is 2. The second-order valence-corrected chi connectivity index (χ2v) is 5.42. The van der Waals surface area contributed by atoms with Crippen LogP contribution in [0.2, 0.25) is 0 Å². The molecule has 0 spiro atoms. The number of halogens is 3. The normalized spacial score (nSPS) is 16.8. The molecule has 2 N–H and O–H groups in total. The van der Waals surface area contributed by atoms with Gasteiger partial charge in [-0.2, -0.15) is 13.2 Å². The van der Waals surface area contributed by atoms with E-state index in [9.17, 15) is 22.8 Å². The molecule has 6 nitrogen and oxygen atoms in total. The summed E-state index contributed by atoms with van der Waals surface area (Å²) >= 11 is 0.690. The number of amides is 2. The standard InChI is InChI=1S/C11H12F3N3O3S/c12-11(13,14)7-5-21-9(15-7)16-10(20)17-3-1-6(2-4-17)8(18)19/h5-6H,1-4H2,(H,18,19)(H,15,16,20). The summed E-state index contributed by atoms with van der Waals surface area (Å²) in [7, 11) is 0. The van der Waals surface area contributed by atoms with Gasteiger partial charge in [0, 0.05) is 18.5 Å². The van der Waals surface area contributed by atoms with Crippen molar-refractivity contribution in [3.63, 3.8) is 0 Å². The van der Waals surface area contributed by atoms with Crippen molar-refractivity contribution in [1.82, 2.24) is 9.88 Å². The van der Waals surface area contributed by atoms with Gasteiger partial charge in [0.05, 0.1) is 5.92 Å². The predicted octanol–water partition coefficient (Wildman–Crippen LogP) is 2.49. The van der Waals surface area contributed by atoms with Crippen molar-refractivity contribution in [2.45, 2.75) is 19.0 Å². The van der Waals surface area contributed by atoms with Gasteiger partial charge in [-0.1, -0.05) is 0 Å². The number of piperidine rings is 1. The Kier molecular flexibility index (Phi) is 4.35. The highest BCUT2D eigenvalue weighted by molar-refractivity contribution is 7.13. The molecule has 1 saturated heterocycles. The molecule has 0 aliphatic carbocycles. The largest absolute Gasteiger partial charge is 0.481 e. The molecule has 2 amide bonds. The third kappa shape index (κ3) is 3.84. The van der Waals surface area contributed by atoms with Crippen molar-refractivity contribution in [2.24, 2.45) is 5.92 Å². The van der Waals surface area contributed by atoms with Crippen LogP contribution >= 0.6 is 11.3 Å². The number of likely N-dealkylation sites (tertiary alicyclic amines) is 1. The number of urea groups is 1. The lowest BCUT2D eigenvalue weighted by Gasteiger charge is -2.29. The van der Waals surface area contributed by atoms with Crippen molar-refractivity contribution in [1.29, 1.82) is 0 Å². The van der Waals surface area contributed by atoms with Crippen LogP contribution < -0.4 is 5.32 Å². The number of carboxylic acid groups (broad SMARTS) is 1.